The average Bonchev–Trinajstić information content (AvgIpc) is 3.65. The van der Waals surface area contributed by atoms with Gasteiger partial charge in [-0.25, -0.2) is 19.7 Å². The summed E-state index contributed by atoms with van der Waals surface area (Å²) in [6, 6.07) is 20.2. The van der Waals surface area contributed by atoms with Gasteiger partial charge in [0.25, 0.3) is 0 Å². The van der Waals surface area contributed by atoms with E-state index in [0.29, 0.717) is 35.9 Å². The largest absolute Gasteiger partial charge is 0.388 e. The number of urea groups is 1. The lowest BCUT2D eigenvalue weighted by atomic mass is 9.91. The highest BCUT2D eigenvalue weighted by molar-refractivity contribution is 5.83. The van der Waals surface area contributed by atoms with E-state index in [0.717, 1.165) is 36.8 Å². The first-order chi connectivity index (χ1) is 23.4. The molecule has 6 rings (SSSR count). The van der Waals surface area contributed by atoms with Crippen molar-refractivity contribution in [3.63, 3.8) is 0 Å². The van der Waals surface area contributed by atoms with Gasteiger partial charge in [0.2, 0.25) is 5.91 Å². The molecule has 1 aliphatic heterocycles. The van der Waals surface area contributed by atoms with Gasteiger partial charge in [-0.2, -0.15) is 0 Å². The fraction of sp³-hybridized carbons (Fsp3) is 0.457. The highest BCUT2D eigenvalue weighted by Gasteiger charge is 2.45. The lowest BCUT2D eigenvalue weighted by molar-refractivity contribution is -0.125. The minimum atomic E-state index is -1.34. The summed E-state index contributed by atoms with van der Waals surface area (Å²) in [6.45, 7) is 2.78. The molecule has 2 aromatic carbocycles. The molecule has 0 unspecified atom stereocenters. The monoisotopic (exact) mass is 656 g/mol. The first kappa shape index (κ1) is 33.3. The lowest BCUT2D eigenvalue weighted by Crippen LogP contribution is -2.42. The molecule has 0 spiro atoms. The molecule has 2 aromatic heterocycles. The summed E-state index contributed by atoms with van der Waals surface area (Å²) in [5, 5.41) is 33.9. The lowest BCUT2D eigenvalue weighted by Gasteiger charge is -2.23. The molecule has 0 bridgehead atoms. The van der Waals surface area contributed by atoms with Crippen molar-refractivity contribution in [2.45, 2.75) is 88.5 Å². The summed E-state index contributed by atoms with van der Waals surface area (Å²) >= 11 is 0. The van der Waals surface area contributed by atoms with E-state index in [-0.39, 0.29) is 36.9 Å². The Hall–Kier alpha value is -4.59. The fourth-order valence-electron chi connectivity index (χ4n) is 6.57. The van der Waals surface area contributed by atoms with Crippen molar-refractivity contribution < 1.29 is 24.5 Å². The average molecular weight is 657 g/mol. The Morgan fingerprint density at radius 2 is 1.62 bits per heavy atom. The molecule has 4 aromatic rings. The number of imidazole rings is 1. The van der Waals surface area contributed by atoms with E-state index in [2.05, 4.69) is 50.5 Å². The Morgan fingerprint density at radius 1 is 0.938 bits per heavy atom. The van der Waals surface area contributed by atoms with Crippen LogP contribution in [0.1, 0.15) is 74.5 Å². The molecule has 1 saturated heterocycles. The molecule has 3 heterocycles. The van der Waals surface area contributed by atoms with Gasteiger partial charge in [-0.15, -0.1) is 0 Å². The van der Waals surface area contributed by atoms with Crippen LogP contribution in [0, 0.1) is 0 Å². The number of amides is 3. The van der Waals surface area contributed by atoms with Gasteiger partial charge in [0.05, 0.1) is 25.4 Å². The molecule has 4 atom stereocenters. The van der Waals surface area contributed by atoms with E-state index in [1.807, 2.05) is 36.4 Å². The van der Waals surface area contributed by atoms with Crippen molar-refractivity contribution in [3.05, 3.63) is 83.9 Å². The first-order valence-corrected chi connectivity index (χ1v) is 16.8. The van der Waals surface area contributed by atoms with Gasteiger partial charge < -0.3 is 36.2 Å². The Balaban J connectivity index is 1.29. The van der Waals surface area contributed by atoms with E-state index in [1.165, 1.54) is 12.7 Å². The van der Waals surface area contributed by atoms with Crippen LogP contribution in [0.2, 0.25) is 0 Å². The van der Waals surface area contributed by atoms with Gasteiger partial charge in [-0.3, -0.25) is 9.36 Å². The highest BCUT2D eigenvalue weighted by atomic mass is 16.6. The number of hydrogen-bond acceptors (Lipinski definition) is 9. The maximum Gasteiger partial charge on any atom is 0.315 e. The van der Waals surface area contributed by atoms with Crippen molar-refractivity contribution in [2.24, 2.45) is 0 Å². The second kappa shape index (κ2) is 15.5. The zero-order chi connectivity index (χ0) is 33.5. The minimum absolute atomic E-state index is 0.00694. The van der Waals surface area contributed by atoms with Crippen LogP contribution in [-0.4, -0.2) is 79.1 Å². The van der Waals surface area contributed by atoms with Crippen molar-refractivity contribution in [3.8, 4) is 0 Å². The molecule has 254 valence electrons. The second-order valence-corrected chi connectivity index (χ2v) is 12.4. The van der Waals surface area contributed by atoms with E-state index >= 15 is 0 Å². The molecule has 1 saturated carbocycles. The quantitative estimate of drug-likeness (QED) is 0.134. The molecule has 3 amide bonds. The Morgan fingerprint density at radius 3 is 2.29 bits per heavy atom. The fourth-order valence-corrected chi connectivity index (χ4v) is 6.57. The molecule has 13 heteroatoms. The van der Waals surface area contributed by atoms with Crippen LogP contribution < -0.4 is 21.3 Å². The summed E-state index contributed by atoms with van der Waals surface area (Å²) in [4.78, 5) is 39.2. The standard InChI is InChI=1S/C35H44N8O5/c1-2-36-28(44)18-26-30(45)31(46)34(48-26)43-21-39-29-32(37-19-25(22-12-6-3-7-13-22)23-14-8-4-9-15-23)41-27(42-33(29)43)20-38-35(47)40-24-16-10-5-11-17-24/h3-4,6-9,12-15,21,24-26,30-31,34,45-46H,2,5,10-11,16-20H2,1H3,(H,36,44)(H,37,41,42)(H2,38,40,47)/t26-,30+,31+,34+/m0/s1. The smallest absolute Gasteiger partial charge is 0.315 e. The zero-order valence-electron chi connectivity index (χ0n) is 27.1. The van der Waals surface area contributed by atoms with E-state index in [4.69, 9.17) is 14.7 Å². The Kier molecular flexibility index (Phi) is 10.8. The SMILES string of the molecule is CCNC(=O)C[C@@H]1O[C@@H](n2cnc3c(NCC(c4ccccc4)c4ccccc4)nc(CNC(=O)NC4CCCCC4)nc32)[C@H](O)[C@@H]1O. The van der Waals surface area contributed by atoms with Crippen LogP contribution in [0.25, 0.3) is 11.2 Å². The predicted octanol–water partition coefficient (Wildman–Crippen LogP) is 3.35. The van der Waals surface area contributed by atoms with Gasteiger partial charge in [-0.1, -0.05) is 79.9 Å². The van der Waals surface area contributed by atoms with Crippen LogP contribution in [0.3, 0.4) is 0 Å². The third-order valence-corrected chi connectivity index (χ3v) is 9.06. The summed E-state index contributed by atoms with van der Waals surface area (Å²) in [5.41, 5.74) is 3.04. The summed E-state index contributed by atoms with van der Waals surface area (Å²) in [6.07, 6.45) is 2.09. The van der Waals surface area contributed by atoms with Gasteiger partial charge in [0.15, 0.2) is 29.0 Å². The van der Waals surface area contributed by atoms with Crippen LogP contribution >= 0.6 is 0 Å². The minimum Gasteiger partial charge on any atom is -0.388 e. The number of fused-ring (bicyclic) bond motifs is 1. The molecule has 48 heavy (non-hydrogen) atoms. The number of anilines is 1. The first-order valence-electron chi connectivity index (χ1n) is 16.8. The topological polar surface area (TPSA) is 176 Å². The molecule has 6 N–H and O–H groups in total. The Labute approximate surface area is 279 Å². The number of benzene rings is 2. The normalized spacial score (nSPS) is 21.3. The van der Waals surface area contributed by atoms with E-state index in [1.54, 1.807) is 11.5 Å². The number of nitrogens with one attached hydrogen (secondary N) is 4. The maximum atomic E-state index is 12.8. The molecule has 13 nitrogen and oxygen atoms in total. The molecule has 2 fully saturated rings. The maximum absolute atomic E-state index is 12.8. The number of ether oxygens (including phenoxy) is 1. The summed E-state index contributed by atoms with van der Waals surface area (Å²) in [5.74, 6) is 0.484. The van der Waals surface area contributed by atoms with Gasteiger partial charge in [-0.05, 0) is 30.9 Å². The number of aliphatic hydroxyl groups excluding tert-OH is 2. The third-order valence-electron chi connectivity index (χ3n) is 9.06. The number of carbonyl (C=O) groups excluding carboxylic acids is 2. The predicted molar refractivity (Wildman–Crippen MR) is 180 cm³/mol. The van der Waals surface area contributed by atoms with E-state index in [9.17, 15) is 19.8 Å². The van der Waals surface area contributed by atoms with Crippen molar-refractivity contribution in [2.75, 3.05) is 18.4 Å². The van der Waals surface area contributed by atoms with Crippen LogP contribution in [0.5, 0.6) is 0 Å². The Bertz CT molecular complexity index is 1620. The number of carbonyl (C=O) groups is 2. The number of aromatic nitrogens is 4. The number of nitrogens with zero attached hydrogens (tertiary/aromatic N) is 4. The van der Waals surface area contributed by atoms with E-state index < -0.39 is 24.5 Å². The molecule has 2 aliphatic rings. The van der Waals surface area contributed by atoms with Gasteiger partial charge in [0, 0.05) is 25.0 Å². The van der Waals surface area contributed by atoms with Crippen molar-refractivity contribution in [1.29, 1.82) is 0 Å². The molecule has 1 aliphatic carbocycles. The van der Waals surface area contributed by atoms with Crippen LogP contribution in [-0.2, 0) is 16.1 Å². The van der Waals surface area contributed by atoms with Crippen LogP contribution in [0.4, 0.5) is 10.6 Å². The van der Waals surface area contributed by atoms with Gasteiger partial charge in [0.1, 0.15) is 12.2 Å². The highest BCUT2D eigenvalue weighted by Crippen LogP contribution is 2.34. The van der Waals surface area contributed by atoms with Crippen molar-refractivity contribution in [1.82, 2.24) is 35.5 Å². The molecule has 0 radical (unpaired) electrons. The van der Waals surface area contributed by atoms with Crippen LogP contribution in [0.15, 0.2) is 67.0 Å². The van der Waals surface area contributed by atoms with Gasteiger partial charge >= 0.3 is 6.03 Å². The molecular formula is C35H44N8O5. The van der Waals surface area contributed by atoms with Crippen molar-refractivity contribution >= 4 is 28.9 Å². The summed E-state index contributed by atoms with van der Waals surface area (Å²) in [7, 11) is 0. The third kappa shape index (κ3) is 7.75. The second-order valence-electron chi connectivity index (χ2n) is 12.4. The number of hydrogen-bond donors (Lipinski definition) is 6. The number of aliphatic hydroxyl groups is 2. The molecular weight excluding hydrogens is 612 g/mol. The zero-order valence-corrected chi connectivity index (χ0v) is 27.1. The number of rotatable bonds is 12. The summed E-state index contributed by atoms with van der Waals surface area (Å²) < 4.78 is 7.58.